The Kier molecular flexibility index (Phi) is 2.39. The highest BCUT2D eigenvalue weighted by molar-refractivity contribution is 5.05. The van der Waals surface area contributed by atoms with Gasteiger partial charge in [-0.2, -0.15) is 0 Å². The minimum absolute atomic E-state index is 0.771. The fourth-order valence-corrected chi connectivity index (χ4v) is 3.00. The minimum atomic E-state index is 0.771. The van der Waals surface area contributed by atoms with Crippen molar-refractivity contribution >= 4 is 0 Å². The van der Waals surface area contributed by atoms with E-state index in [0.717, 1.165) is 29.7 Å². The highest BCUT2D eigenvalue weighted by Gasteiger charge is 2.55. The number of rotatable bonds is 3. The van der Waals surface area contributed by atoms with Gasteiger partial charge >= 0.3 is 0 Å². The first kappa shape index (κ1) is 9.51. The fourth-order valence-electron chi connectivity index (χ4n) is 3.00. The minimum Gasteiger partial charge on any atom is -0.300 e. The number of piperidine rings is 1. The van der Waals surface area contributed by atoms with Crippen LogP contribution in [0.2, 0.25) is 0 Å². The molecule has 2 aliphatic rings. The molecule has 0 N–H and O–H groups in total. The summed E-state index contributed by atoms with van der Waals surface area (Å²) in [7, 11) is 0. The summed E-state index contributed by atoms with van der Waals surface area (Å²) in [4.78, 5) is 2.64. The van der Waals surface area contributed by atoms with Crippen molar-refractivity contribution in [2.45, 2.75) is 40.2 Å². The molecule has 1 heterocycles. The number of hydrogen-bond donors (Lipinski definition) is 0. The molecular formula is C12H23N. The normalized spacial score (nSPS) is 38.8. The zero-order valence-electron chi connectivity index (χ0n) is 9.46. The van der Waals surface area contributed by atoms with Gasteiger partial charge in [-0.05, 0) is 43.9 Å². The molecule has 3 atom stereocenters. The van der Waals surface area contributed by atoms with Crippen molar-refractivity contribution in [3.8, 4) is 0 Å². The first-order valence-electron chi connectivity index (χ1n) is 5.83. The maximum Gasteiger partial charge on any atom is 0.00388 e. The maximum atomic E-state index is 2.64. The van der Waals surface area contributed by atoms with Gasteiger partial charge in [0.15, 0.2) is 0 Å². The number of likely N-dealkylation sites (tertiary alicyclic amines) is 1. The predicted molar refractivity (Wildman–Crippen MR) is 56.6 cm³/mol. The molecule has 76 valence electrons. The van der Waals surface area contributed by atoms with E-state index in [1.807, 2.05) is 0 Å². The van der Waals surface area contributed by atoms with Gasteiger partial charge in [-0.1, -0.05) is 13.8 Å². The molecule has 0 bridgehead atoms. The Morgan fingerprint density at radius 1 is 1.08 bits per heavy atom. The van der Waals surface area contributed by atoms with Crippen LogP contribution in [0.1, 0.15) is 34.1 Å². The summed E-state index contributed by atoms with van der Waals surface area (Å²) in [6.07, 6.45) is 1.47. The lowest BCUT2D eigenvalue weighted by atomic mass is 10.0. The third kappa shape index (κ3) is 1.76. The number of nitrogens with zero attached hydrogens (tertiary/aromatic N) is 1. The van der Waals surface area contributed by atoms with E-state index in [9.17, 15) is 0 Å². The molecular weight excluding hydrogens is 158 g/mol. The zero-order valence-corrected chi connectivity index (χ0v) is 9.46. The predicted octanol–water partition coefficient (Wildman–Crippen LogP) is 2.62. The lowest BCUT2D eigenvalue weighted by Crippen LogP contribution is -2.31. The molecule has 1 nitrogen and oxygen atoms in total. The van der Waals surface area contributed by atoms with Gasteiger partial charge in [0, 0.05) is 19.1 Å². The van der Waals surface area contributed by atoms with Crippen LogP contribution in [-0.4, -0.2) is 24.0 Å². The first-order chi connectivity index (χ1) is 6.09. The van der Waals surface area contributed by atoms with Crippen molar-refractivity contribution < 1.29 is 0 Å². The Bertz CT molecular complexity index is 174. The smallest absolute Gasteiger partial charge is 0.00388 e. The lowest BCUT2D eigenvalue weighted by Gasteiger charge is -2.23. The van der Waals surface area contributed by atoms with Crippen LogP contribution in [0, 0.1) is 23.7 Å². The van der Waals surface area contributed by atoms with Gasteiger partial charge < -0.3 is 4.90 Å². The third-order valence-electron chi connectivity index (χ3n) is 3.87. The van der Waals surface area contributed by atoms with Crippen molar-refractivity contribution in [2.24, 2.45) is 23.7 Å². The Balaban J connectivity index is 1.77. The first-order valence-corrected chi connectivity index (χ1v) is 5.83. The van der Waals surface area contributed by atoms with Crippen molar-refractivity contribution in [1.82, 2.24) is 4.90 Å². The molecule has 1 aliphatic carbocycles. The zero-order chi connectivity index (χ0) is 9.59. The van der Waals surface area contributed by atoms with Gasteiger partial charge in [-0.15, -0.1) is 0 Å². The third-order valence-corrected chi connectivity index (χ3v) is 3.87. The van der Waals surface area contributed by atoms with Crippen LogP contribution in [0.3, 0.4) is 0 Å². The van der Waals surface area contributed by atoms with Crippen LogP contribution in [0.15, 0.2) is 0 Å². The van der Waals surface area contributed by atoms with Gasteiger partial charge in [0.25, 0.3) is 0 Å². The van der Waals surface area contributed by atoms with E-state index in [-0.39, 0.29) is 0 Å². The molecule has 2 fully saturated rings. The van der Waals surface area contributed by atoms with Gasteiger partial charge in [-0.25, -0.2) is 0 Å². The van der Waals surface area contributed by atoms with Crippen molar-refractivity contribution in [3.05, 3.63) is 0 Å². The molecule has 2 rings (SSSR count). The molecule has 0 amide bonds. The molecule has 1 saturated heterocycles. The second kappa shape index (κ2) is 3.27. The van der Waals surface area contributed by atoms with E-state index in [2.05, 4.69) is 32.6 Å². The summed E-state index contributed by atoms with van der Waals surface area (Å²) in [6.45, 7) is 12.1. The summed E-state index contributed by atoms with van der Waals surface area (Å²) in [5, 5.41) is 0. The maximum absolute atomic E-state index is 2.64. The van der Waals surface area contributed by atoms with Crippen LogP contribution in [0.25, 0.3) is 0 Å². The molecule has 1 aliphatic heterocycles. The highest BCUT2D eigenvalue weighted by Crippen LogP contribution is 2.54. The van der Waals surface area contributed by atoms with Gasteiger partial charge in [0.05, 0.1) is 0 Å². The van der Waals surface area contributed by atoms with E-state index in [0.29, 0.717) is 0 Å². The van der Waals surface area contributed by atoms with Crippen molar-refractivity contribution in [3.63, 3.8) is 0 Å². The average Bonchev–Trinajstić information content (AvgIpc) is 2.51. The average molecular weight is 181 g/mol. The standard InChI is InChI=1S/C12H23N/c1-8(2)5-10-11-6-13(9(3)4)7-12(10)11/h8-12H,5-7H2,1-4H3/t10-,11+,12-. The Morgan fingerprint density at radius 2 is 1.62 bits per heavy atom. The second-order valence-corrected chi connectivity index (χ2v) is 5.67. The summed E-state index contributed by atoms with van der Waals surface area (Å²) in [5.74, 6) is 4.15. The van der Waals surface area contributed by atoms with Crippen LogP contribution < -0.4 is 0 Å². The fraction of sp³-hybridized carbons (Fsp3) is 1.00. The van der Waals surface area contributed by atoms with Crippen LogP contribution >= 0.6 is 0 Å². The summed E-state index contributed by atoms with van der Waals surface area (Å²) in [6, 6.07) is 0.771. The van der Waals surface area contributed by atoms with Crippen molar-refractivity contribution in [1.29, 1.82) is 0 Å². The number of hydrogen-bond acceptors (Lipinski definition) is 1. The van der Waals surface area contributed by atoms with E-state index in [4.69, 9.17) is 0 Å². The quantitative estimate of drug-likeness (QED) is 0.647. The molecule has 0 aromatic rings. The van der Waals surface area contributed by atoms with Gasteiger partial charge in [0.2, 0.25) is 0 Å². The van der Waals surface area contributed by atoms with Crippen LogP contribution in [-0.2, 0) is 0 Å². The molecule has 0 spiro atoms. The van der Waals surface area contributed by atoms with Gasteiger partial charge in [-0.3, -0.25) is 0 Å². The Labute approximate surface area is 82.5 Å². The lowest BCUT2D eigenvalue weighted by molar-refractivity contribution is 0.228. The second-order valence-electron chi connectivity index (χ2n) is 5.67. The molecule has 0 aromatic carbocycles. The van der Waals surface area contributed by atoms with Gasteiger partial charge in [0.1, 0.15) is 0 Å². The largest absolute Gasteiger partial charge is 0.300 e. The number of fused-ring (bicyclic) bond motifs is 1. The van der Waals surface area contributed by atoms with Crippen LogP contribution in [0.4, 0.5) is 0 Å². The monoisotopic (exact) mass is 181 g/mol. The summed E-state index contributed by atoms with van der Waals surface area (Å²) in [5.41, 5.74) is 0. The highest BCUT2D eigenvalue weighted by atomic mass is 15.2. The molecule has 0 radical (unpaired) electrons. The van der Waals surface area contributed by atoms with E-state index < -0.39 is 0 Å². The van der Waals surface area contributed by atoms with E-state index in [1.165, 1.54) is 19.5 Å². The molecule has 1 saturated carbocycles. The Morgan fingerprint density at radius 3 is 2.00 bits per heavy atom. The van der Waals surface area contributed by atoms with E-state index >= 15 is 0 Å². The van der Waals surface area contributed by atoms with E-state index in [1.54, 1.807) is 0 Å². The molecule has 13 heavy (non-hydrogen) atoms. The topological polar surface area (TPSA) is 3.24 Å². The van der Waals surface area contributed by atoms with Crippen LogP contribution in [0.5, 0.6) is 0 Å². The molecule has 0 unspecified atom stereocenters. The Hall–Kier alpha value is -0.0400. The SMILES string of the molecule is CC(C)C[C@H]1[C@H]2CN(C(C)C)C[C@@H]12. The molecule has 0 aromatic heterocycles. The summed E-state index contributed by atoms with van der Waals surface area (Å²) >= 11 is 0. The summed E-state index contributed by atoms with van der Waals surface area (Å²) < 4.78 is 0. The van der Waals surface area contributed by atoms with Crippen molar-refractivity contribution in [2.75, 3.05) is 13.1 Å². The molecule has 1 heteroatoms.